The number of rotatable bonds is 7. The van der Waals surface area contributed by atoms with Gasteiger partial charge in [-0.2, -0.15) is 0 Å². The molecule has 148 valence electrons. The number of furan rings is 1. The van der Waals surface area contributed by atoms with Crippen molar-refractivity contribution < 1.29 is 18.7 Å². The van der Waals surface area contributed by atoms with Crippen LogP contribution in [0.25, 0.3) is 11.4 Å². The lowest BCUT2D eigenvalue weighted by Crippen LogP contribution is -2.08. The molecule has 3 aromatic heterocycles. The minimum Gasteiger partial charge on any atom is -0.469 e. The molecule has 0 radical (unpaired) electrons. The summed E-state index contributed by atoms with van der Waals surface area (Å²) in [6, 6.07) is 1.83. The van der Waals surface area contributed by atoms with E-state index in [1.54, 1.807) is 27.0 Å². The van der Waals surface area contributed by atoms with Crippen molar-refractivity contribution in [2.45, 2.75) is 32.9 Å². The average Bonchev–Trinajstić information content (AvgIpc) is 3.31. The van der Waals surface area contributed by atoms with E-state index in [1.165, 1.54) is 11.8 Å². The predicted octanol–water partition coefficient (Wildman–Crippen LogP) is 3.48. The molecule has 3 rings (SSSR count). The van der Waals surface area contributed by atoms with E-state index in [0.717, 1.165) is 11.3 Å². The molecule has 3 heterocycles. The van der Waals surface area contributed by atoms with Crippen LogP contribution in [0.15, 0.2) is 21.9 Å². The maximum atomic E-state index is 12.7. The van der Waals surface area contributed by atoms with Crippen molar-refractivity contribution in [3.05, 3.63) is 40.6 Å². The van der Waals surface area contributed by atoms with Gasteiger partial charge in [0.2, 0.25) is 0 Å². The number of carbonyl (C=O) groups is 2. The van der Waals surface area contributed by atoms with Gasteiger partial charge in [0.05, 0.1) is 35.4 Å². The first-order valence-corrected chi connectivity index (χ1v) is 9.79. The van der Waals surface area contributed by atoms with E-state index >= 15 is 0 Å². The van der Waals surface area contributed by atoms with Crippen molar-refractivity contribution in [1.82, 2.24) is 19.7 Å². The van der Waals surface area contributed by atoms with Gasteiger partial charge in [0.1, 0.15) is 5.76 Å². The first-order valence-electron chi connectivity index (χ1n) is 8.81. The number of nitrogens with one attached hydrogen (secondary N) is 1. The van der Waals surface area contributed by atoms with Crippen LogP contribution in [0, 0.1) is 20.8 Å². The lowest BCUT2D eigenvalue weighted by molar-refractivity contribution is 0.0525. The highest BCUT2D eigenvalue weighted by molar-refractivity contribution is 7.99. The summed E-state index contributed by atoms with van der Waals surface area (Å²) in [4.78, 5) is 27.8. The molecule has 8 nitrogen and oxygen atoms in total. The molecule has 0 unspecified atom stereocenters. The van der Waals surface area contributed by atoms with E-state index < -0.39 is 5.97 Å². The Kier molecular flexibility index (Phi) is 5.73. The largest absolute Gasteiger partial charge is 0.469 e. The van der Waals surface area contributed by atoms with E-state index in [4.69, 9.17) is 9.15 Å². The molecule has 0 atom stereocenters. The molecule has 1 N–H and O–H groups in total. The first kappa shape index (κ1) is 19.9. The number of esters is 1. The van der Waals surface area contributed by atoms with E-state index in [0.29, 0.717) is 33.5 Å². The molecule has 0 aliphatic carbocycles. The average molecular weight is 402 g/mol. The molecule has 0 saturated heterocycles. The lowest BCUT2D eigenvalue weighted by Gasteiger charge is -2.04. The van der Waals surface area contributed by atoms with Crippen molar-refractivity contribution in [3.8, 4) is 11.4 Å². The smallest absolute Gasteiger partial charge is 0.340 e. The molecular formula is C19H22N4O4S. The molecule has 0 aliphatic heterocycles. The van der Waals surface area contributed by atoms with Crippen LogP contribution in [-0.2, 0) is 11.8 Å². The number of aryl methyl sites for hydroxylation is 2. The number of nitrogens with zero attached hydrogens (tertiary/aromatic N) is 3. The van der Waals surface area contributed by atoms with Gasteiger partial charge in [0, 0.05) is 12.7 Å². The second kappa shape index (κ2) is 8.05. The van der Waals surface area contributed by atoms with Gasteiger partial charge in [-0.05, 0) is 39.3 Å². The first-order chi connectivity index (χ1) is 13.3. The molecule has 0 fully saturated rings. The summed E-state index contributed by atoms with van der Waals surface area (Å²) < 4.78 is 12.2. The maximum absolute atomic E-state index is 12.7. The van der Waals surface area contributed by atoms with Gasteiger partial charge < -0.3 is 18.7 Å². The fourth-order valence-corrected chi connectivity index (χ4v) is 3.82. The van der Waals surface area contributed by atoms with Gasteiger partial charge in [-0.3, -0.25) is 4.79 Å². The fourth-order valence-electron chi connectivity index (χ4n) is 3.03. The van der Waals surface area contributed by atoms with Crippen LogP contribution in [0.5, 0.6) is 0 Å². The zero-order valence-corrected chi connectivity index (χ0v) is 17.3. The fraction of sp³-hybridized carbons (Fsp3) is 0.368. The zero-order chi connectivity index (χ0) is 20.4. The predicted molar refractivity (Wildman–Crippen MR) is 105 cm³/mol. The Morgan fingerprint density at radius 2 is 2.04 bits per heavy atom. The highest BCUT2D eigenvalue weighted by Gasteiger charge is 2.23. The number of H-pyrrole nitrogens is 1. The Morgan fingerprint density at radius 1 is 1.29 bits per heavy atom. The molecule has 0 bridgehead atoms. The van der Waals surface area contributed by atoms with Crippen molar-refractivity contribution >= 4 is 23.5 Å². The lowest BCUT2D eigenvalue weighted by atomic mass is 10.1. The van der Waals surface area contributed by atoms with Crippen LogP contribution < -0.4 is 0 Å². The number of hydrogen-bond donors (Lipinski definition) is 1. The quantitative estimate of drug-likeness (QED) is 0.366. The molecule has 0 amide bonds. The van der Waals surface area contributed by atoms with Gasteiger partial charge in [0.15, 0.2) is 16.8 Å². The second-order valence-electron chi connectivity index (χ2n) is 6.31. The van der Waals surface area contributed by atoms with Crippen LogP contribution in [-0.4, -0.2) is 43.9 Å². The Labute approximate surface area is 166 Å². The SMILES string of the molecule is CCOC(=O)c1c(C)[nH]c(C(=O)CSc2nnc(-c3ccoc3C)n2C)c1C. The monoisotopic (exact) mass is 402 g/mol. The van der Waals surface area contributed by atoms with Crippen LogP contribution in [0.1, 0.15) is 44.8 Å². The number of ketones is 1. The summed E-state index contributed by atoms with van der Waals surface area (Å²) in [5.41, 5.74) is 2.94. The summed E-state index contributed by atoms with van der Waals surface area (Å²) in [7, 11) is 1.84. The normalized spacial score (nSPS) is 11.0. The Hall–Kier alpha value is -2.81. The summed E-state index contributed by atoms with van der Waals surface area (Å²) in [6.07, 6.45) is 1.60. The third-order valence-electron chi connectivity index (χ3n) is 4.46. The molecule has 9 heteroatoms. The van der Waals surface area contributed by atoms with Crippen molar-refractivity contribution in [3.63, 3.8) is 0 Å². The highest BCUT2D eigenvalue weighted by atomic mass is 32.2. The van der Waals surface area contributed by atoms with Crippen molar-refractivity contribution in [2.24, 2.45) is 7.05 Å². The number of thioether (sulfide) groups is 1. The van der Waals surface area contributed by atoms with Crippen molar-refractivity contribution in [1.29, 1.82) is 0 Å². The molecule has 0 aliphatic rings. The summed E-state index contributed by atoms with van der Waals surface area (Å²) in [6.45, 7) is 7.39. The van der Waals surface area contributed by atoms with Crippen LogP contribution in [0.2, 0.25) is 0 Å². The second-order valence-corrected chi connectivity index (χ2v) is 7.26. The van der Waals surface area contributed by atoms with Gasteiger partial charge in [0.25, 0.3) is 0 Å². The van der Waals surface area contributed by atoms with Crippen LogP contribution >= 0.6 is 11.8 Å². The topological polar surface area (TPSA) is 103 Å². The third kappa shape index (κ3) is 3.62. The minimum absolute atomic E-state index is 0.120. The van der Waals surface area contributed by atoms with E-state index in [9.17, 15) is 9.59 Å². The number of aromatic nitrogens is 4. The van der Waals surface area contributed by atoms with Crippen LogP contribution in [0.3, 0.4) is 0 Å². The number of aromatic amines is 1. The molecule has 0 aromatic carbocycles. The maximum Gasteiger partial charge on any atom is 0.340 e. The molecule has 3 aromatic rings. The summed E-state index contributed by atoms with van der Waals surface area (Å²) in [5.74, 6) is 1.06. The van der Waals surface area contributed by atoms with Crippen LogP contribution in [0.4, 0.5) is 0 Å². The Balaban J connectivity index is 1.75. The number of hydrogen-bond acceptors (Lipinski definition) is 7. The molecule has 0 saturated carbocycles. The highest BCUT2D eigenvalue weighted by Crippen LogP contribution is 2.27. The van der Waals surface area contributed by atoms with Gasteiger partial charge >= 0.3 is 5.97 Å². The minimum atomic E-state index is -0.422. The van der Waals surface area contributed by atoms with Gasteiger partial charge in [-0.1, -0.05) is 11.8 Å². The number of Topliss-reactive ketones (excluding diaryl/α,β-unsaturated/α-hetero) is 1. The zero-order valence-electron chi connectivity index (χ0n) is 16.5. The summed E-state index contributed by atoms with van der Waals surface area (Å²) >= 11 is 1.29. The molecule has 28 heavy (non-hydrogen) atoms. The van der Waals surface area contributed by atoms with Gasteiger partial charge in [-0.25, -0.2) is 4.79 Å². The molecule has 0 spiro atoms. The Morgan fingerprint density at radius 3 is 2.68 bits per heavy atom. The standard InChI is InChI=1S/C19H22N4O4S/c1-6-26-18(25)15-10(2)16(20-11(15)3)14(24)9-28-19-22-21-17(23(19)5)13-7-8-27-12(13)4/h7-8,20H,6,9H2,1-5H3. The molecular weight excluding hydrogens is 380 g/mol. The van der Waals surface area contributed by atoms with E-state index in [1.807, 2.05) is 24.6 Å². The van der Waals surface area contributed by atoms with Gasteiger partial charge in [-0.15, -0.1) is 10.2 Å². The Bertz CT molecular complexity index is 1030. The third-order valence-corrected chi connectivity index (χ3v) is 5.48. The number of carbonyl (C=O) groups excluding carboxylic acids is 2. The number of ether oxygens (including phenoxy) is 1. The van der Waals surface area contributed by atoms with Crippen molar-refractivity contribution in [2.75, 3.05) is 12.4 Å². The summed E-state index contributed by atoms with van der Waals surface area (Å²) in [5, 5.41) is 9.00. The van der Waals surface area contributed by atoms with E-state index in [2.05, 4.69) is 15.2 Å². The van der Waals surface area contributed by atoms with E-state index in [-0.39, 0.29) is 18.1 Å².